The van der Waals surface area contributed by atoms with Crippen molar-refractivity contribution in [3.63, 3.8) is 0 Å². The fourth-order valence-corrected chi connectivity index (χ4v) is 1.90. The number of amides is 1. The van der Waals surface area contributed by atoms with Crippen LogP contribution in [-0.2, 0) is 4.79 Å². The normalized spacial score (nSPS) is 9.95. The summed E-state index contributed by atoms with van der Waals surface area (Å²) < 4.78 is 6.41. The van der Waals surface area contributed by atoms with Gasteiger partial charge in [0.05, 0.1) is 4.92 Å². The van der Waals surface area contributed by atoms with E-state index < -0.39 is 4.92 Å². The Balaban J connectivity index is 1.86. The van der Waals surface area contributed by atoms with E-state index in [4.69, 9.17) is 4.74 Å². The van der Waals surface area contributed by atoms with Crippen LogP contribution >= 0.6 is 22.6 Å². The molecule has 7 heteroatoms. The zero-order valence-electron chi connectivity index (χ0n) is 10.8. The molecule has 0 radical (unpaired) electrons. The lowest BCUT2D eigenvalue weighted by molar-refractivity contribution is -0.384. The Kier molecular flexibility index (Phi) is 5.09. The smallest absolute Gasteiger partial charge is 0.269 e. The molecule has 0 aromatic heterocycles. The monoisotopic (exact) mass is 398 g/mol. The van der Waals surface area contributed by atoms with Gasteiger partial charge in [0.15, 0.2) is 6.61 Å². The number of carbonyl (C=O) groups excluding carboxylic acids is 1. The maximum Gasteiger partial charge on any atom is 0.269 e. The summed E-state index contributed by atoms with van der Waals surface area (Å²) in [7, 11) is 0. The predicted octanol–water partition coefficient (Wildman–Crippen LogP) is 3.22. The van der Waals surface area contributed by atoms with Crippen molar-refractivity contribution in [2.45, 2.75) is 0 Å². The summed E-state index contributed by atoms with van der Waals surface area (Å²) in [5.74, 6) is 0.275. The third-order valence-corrected chi connectivity index (χ3v) is 3.26. The molecule has 0 atom stereocenters. The van der Waals surface area contributed by atoms with Crippen LogP contribution in [0.4, 0.5) is 11.4 Å². The van der Waals surface area contributed by atoms with Crippen LogP contribution in [0.2, 0.25) is 0 Å². The Morgan fingerprint density at radius 1 is 1.14 bits per heavy atom. The number of nitrogens with zero attached hydrogens (tertiary/aromatic N) is 1. The number of hydrogen-bond acceptors (Lipinski definition) is 4. The lowest BCUT2D eigenvalue weighted by Crippen LogP contribution is -2.20. The first kappa shape index (κ1) is 15.2. The first-order valence-corrected chi connectivity index (χ1v) is 7.05. The molecule has 0 aliphatic carbocycles. The van der Waals surface area contributed by atoms with Crippen LogP contribution in [0, 0.1) is 13.7 Å². The molecule has 0 saturated carbocycles. The quantitative estimate of drug-likeness (QED) is 0.477. The minimum Gasteiger partial charge on any atom is -0.484 e. The molecule has 2 aromatic rings. The van der Waals surface area contributed by atoms with Gasteiger partial charge < -0.3 is 10.1 Å². The van der Waals surface area contributed by atoms with Crippen LogP contribution in [0.15, 0.2) is 48.5 Å². The summed E-state index contributed by atoms with van der Waals surface area (Å²) in [6.07, 6.45) is 0. The average molecular weight is 398 g/mol. The average Bonchev–Trinajstić information content (AvgIpc) is 2.47. The van der Waals surface area contributed by atoms with E-state index in [9.17, 15) is 14.9 Å². The molecule has 0 heterocycles. The molecule has 6 nitrogen and oxygen atoms in total. The number of halogens is 1. The number of nitrogens with one attached hydrogen (secondary N) is 1. The number of benzene rings is 2. The third-order valence-electron chi connectivity index (χ3n) is 2.55. The van der Waals surface area contributed by atoms with Gasteiger partial charge in [0.25, 0.3) is 11.6 Å². The zero-order valence-corrected chi connectivity index (χ0v) is 12.9. The highest BCUT2D eigenvalue weighted by atomic mass is 127. The number of ether oxygens (including phenoxy) is 1. The van der Waals surface area contributed by atoms with E-state index in [2.05, 4.69) is 27.9 Å². The van der Waals surface area contributed by atoms with Gasteiger partial charge in [-0.1, -0.05) is 0 Å². The predicted molar refractivity (Wildman–Crippen MR) is 86.4 cm³/mol. The van der Waals surface area contributed by atoms with Gasteiger partial charge in [-0.2, -0.15) is 0 Å². The van der Waals surface area contributed by atoms with Crippen molar-refractivity contribution in [3.8, 4) is 5.75 Å². The number of nitro groups is 1. The second-order valence-electron chi connectivity index (χ2n) is 4.09. The van der Waals surface area contributed by atoms with Crippen LogP contribution in [0.3, 0.4) is 0 Å². The summed E-state index contributed by atoms with van der Waals surface area (Å²) >= 11 is 2.18. The maximum atomic E-state index is 11.7. The summed E-state index contributed by atoms with van der Waals surface area (Å²) in [4.78, 5) is 21.7. The fourth-order valence-electron chi connectivity index (χ4n) is 1.54. The standard InChI is InChI=1S/C14H11IN2O4/c15-10-1-7-13(8-2-10)21-9-14(18)16-11-3-5-12(6-4-11)17(19)20/h1-8H,9H2,(H,16,18). The fraction of sp³-hybridized carbons (Fsp3) is 0.0714. The summed E-state index contributed by atoms with van der Waals surface area (Å²) in [6, 6.07) is 12.9. The zero-order chi connectivity index (χ0) is 15.2. The van der Waals surface area contributed by atoms with Gasteiger partial charge in [0.2, 0.25) is 0 Å². The van der Waals surface area contributed by atoms with E-state index in [1.807, 2.05) is 12.1 Å². The molecule has 0 aliphatic rings. The molecule has 0 saturated heterocycles. The van der Waals surface area contributed by atoms with Gasteiger partial charge in [-0.3, -0.25) is 14.9 Å². The number of nitro benzene ring substituents is 1. The van der Waals surface area contributed by atoms with Crippen molar-refractivity contribution in [2.75, 3.05) is 11.9 Å². The minimum atomic E-state index is -0.495. The minimum absolute atomic E-state index is 0.0249. The Bertz CT molecular complexity index is 641. The van der Waals surface area contributed by atoms with Crippen LogP contribution in [-0.4, -0.2) is 17.4 Å². The van der Waals surface area contributed by atoms with E-state index in [1.165, 1.54) is 24.3 Å². The van der Waals surface area contributed by atoms with Crippen molar-refractivity contribution in [2.24, 2.45) is 0 Å². The van der Waals surface area contributed by atoms with Gasteiger partial charge in [0.1, 0.15) is 5.75 Å². The molecular formula is C14H11IN2O4. The molecule has 0 spiro atoms. The van der Waals surface area contributed by atoms with Crippen molar-refractivity contribution >= 4 is 39.9 Å². The number of hydrogen-bond donors (Lipinski definition) is 1. The van der Waals surface area contributed by atoms with Gasteiger partial charge in [-0.15, -0.1) is 0 Å². The molecule has 2 aromatic carbocycles. The van der Waals surface area contributed by atoms with Gasteiger partial charge in [-0.05, 0) is 59.0 Å². The van der Waals surface area contributed by atoms with E-state index in [0.29, 0.717) is 11.4 Å². The molecule has 0 bridgehead atoms. The first-order chi connectivity index (χ1) is 10.0. The molecule has 1 N–H and O–H groups in total. The molecule has 21 heavy (non-hydrogen) atoms. The highest BCUT2D eigenvalue weighted by molar-refractivity contribution is 14.1. The lowest BCUT2D eigenvalue weighted by Gasteiger charge is -2.07. The lowest BCUT2D eigenvalue weighted by atomic mass is 10.3. The highest BCUT2D eigenvalue weighted by Gasteiger charge is 2.07. The summed E-state index contributed by atoms with van der Waals surface area (Å²) in [5.41, 5.74) is 0.458. The number of rotatable bonds is 5. The second kappa shape index (κ2) is 7.02. The molecule has 0 fully saturated rings. The second-order valence-corrected chi connectivity index (χ2v) is 5.34. The maximum absolute atomic E-state index is 11.7. The van der Waals surface area contributed by atoms with Crippen LogP contribution < -0.4 is 10.1 Å². The summed E-state index contributed by atoms with van der Waals surface area (Å²) in [6.45, 7) is -0.127. The van der Waals surface area contributed by atoms with E-state index in [0.717, 1.165) is 3.57 Å². The Labute approximate surface area is 134 Å². The SMILES string of the molecule is O=C(COc1ccc(I)cc1)Nc1ccc([N+](=O)[O-])cc1. The Morgan fingerprint density at radius 3 is 2.33 bits per heavy atom. The van der Waals surface area contributed by atoms with E-state index in [1.54, 1.807) is 12.1 Å². The topological polar surface area (TPSA) is 81.5 Å². The molecule has 0 unspecified atom stereocenters. The molecule has 0 aliphatic heterocycles. The number of carbonyl (C=O) groups is 1. The molecule has 108 valence electrons. The van der Waals surface area contributed by atoms with E-state index >= 15 is 0 Å². The van der Waals surface area contributed by atoms with Gasteiger partial charge in [-0.25, -0.2) is 0 Å². The molecular weight excluding hydrogens is 387 g/mol. The molecule has 1 amide bonds. The Hall–Kier alpha value is -2.16. The number of anilines is 1. The van der Waals surface area contributed by atoms with Crippen LogP contribution in [0.5, 0.6) is 5.75 Å². The van der Waals surface area contributed by atoms with Crippen molar-refractivity contribution < 1.29 is 14.5 Å². The van der Waals surface area contributed by atoms with Crippen LogP contribution in [0.1, 0.15) is 0 Å². The van der Waals surface area contributed by atoms with Gasteiger partial charge >= 0.3 is 0 Å². The third kappa shape index (κ3) is 4.71. The van der Waals surface area contributed by atoms with E-state index in [-0.39, 0.29) is 18.2 Å². The van der Waals surface area contributed by atoms with Crippen molar-refractivity contribution in [3.05, 3.63) is 62.2 Å². The van der Waals surface area contributed by atoms with Crippen molar-refractivity contribution in [1.29, 1.82) is 0 Å². The summed E-state index contributed by atoms with van der Waals surface area (Å²) in [5, 5.41) is 13.1. The molecule has 2 rings (SSSR count). The number of non-ortho nitro benzene ring substituents is 1. The largest absolute Gasteiger partial charge is 0.484 e. The Morgan fingerprint density at radius 2 is 1.76 bits per heavy atom. The highest BCUT2D eigenvalue weighted by Crippen LogP contribution is 2.16. The van der Waals surface area contributed by atoms with Crippen molar-refractivity contribution in [1.82, 2.24) is 0 Å². The first-order valence-electron chi connectivity index (χ1n) is 5.97. The van der Waals surface area contributed by atoms with Gasteiger partial charge in [0, 0.05) is 21.4 Å². The van der Waals surface area contributed by atoms with Crippen LogP contribution in [0.25, 0.3) is 0 Å².